The minimum Gasteiger partial charge on any atom is -0.494 e. The van der Waals surface area contributed by atoms with Crippen LogP contribution in [0.1, 0.15) is 11.1 Å². The molecule has 2 N–H and O–H groups in total. The van der Waals surface area contributed by atoms with E-state index in [1.54, 1.807) is 21.5 Å². The fraction of sp³-hybridized carbons (Fsp3) is 0.0909. The molecule has 1 aromatic carbocycles. The summed E-state index contributed by atoms with van der Waals surface area (Å²) in [5.74, 6) is 0.433. The van der Waals surface area contributed by atoms with E-state index in [0.717, 1.165) is 32.9 Å². The molecule has 0 bridgehead atoms. The van der Waals surface area contributed by atoms with Crippen LogP contribution in [0.4, 0.5) is 0 Å². The van der Waals surface area contributed by atoms with Crippen molar-refractivity contribution in [2.75, 3.05) is 0 Å². The number of benzene rings is 1. The third kappa shape index (κ3) is 2.75. The van der Waals surface area contributed by atoms with Crippen molar-refractivity contribution in [2.24, 2.45) is 0 Å². The Bertz CT molecular complexity index is 1210. The summed E-state index contributed by atoms with van der Waals surface area (Å²) in [6.07, 6.45) is 7.14. The predicted molar refractivity (Wildman–Crippen MR) is 107 cm³/mol. The number of rotatable bonds is 4. The highest BCUT2D eigenvalue weighted by atomic mass is 16.3. The lowest BCUT2D eigenvalue weighted by molar-refractivity contribution is 0.429. The normalized spacial score (nSPS) is 11.4. The third-order valence-corrected chi connectivity index (χ3v) is 4.96. The molecule has 4 heterocycles. The number of pyridine rings is 2. The van der Waals surface area contributed by atoms with Crippen LogP contribution in [0, 0.1) is 0 Å². The Kier molecular flexibility index (Phi) is 3.76. The number of hydrogen-bond acceptors (Lipinski definition) is 4. The van der Waals surface area contributed by atoms with Gasteiger partial charge in [-0.3, -0.25) is 9.97 Å². The van der Waals surface area contributed by atoms with Gasteiger partial charge in [0.1, 0.15) is 0 Å². The van der Waals surface area contributed by atoms with E-state index >= 15 is 0 Å². The van der Waals surface area contributed by atoms with Gasteiger partial charge in [0.15, 0.2) is 0 Å². The summed E-state index contributed by atoms with van der Waals surface area (Å²) in [4.78, 5) is 8.58. The zero-order valence-corrected chi connectivity index (χ0v) is 15.0. The van der Waals surface area contributed by atoms with Crippen LogP contribution < -0.4 is 0 Å². The van der Waals surface area contributed by atoms with Crippen molar-refractivity contribution < 1.29 is 10.2 Å². The molecule has 0 fully saturated rings. The molecule has 0 amide bonds. The van der Waals surface area contributed by atoms with Crippen LogP contribution in [0.25, 0.3) is 21.8 Å². The third-order valence-electron chi connectivity index (χ3n) is 4.96. The summed E-state index contributed by atoms with van der Waals surface area (Å²) < 4.78 is 3.59. The lowest BCUT2D eigenvalue weighted by atomic mass is 10.1. The van der Waals surface area contributed by atoms with Crippen molar-refractivity contribution in [1.82, 2.24) is 19.1 Å². The van der Waals surface area contributed by atoms with Crippen molar-refractivity contribution >= 4 is 21.8 Å². The molecule has 6 nitrogen and oxygen atoms in total. The average Bonchev–Trinajstić information content (AvgIpc) is 3.20. The lowest BCUT2D eigenvalue weighted by Gasteiger charge is -2.09. The topological polar surface area (TPSA) is 76.1 Å². The van der Waals surface area contributed by atoms with Crippen molar-refractivity contribution in [3.63, 3.8) is 0 Å². The lowest BCUT2D eigenvalue weighted by Crippen LogP contribution is -2.01. The molecular formula is C22H18N4O2. The Morgan fingerprint density at radius 3 is 1.64 bits per heavy atom. The molecule has 5 aromatic rings. The van der Waals surface area contributed by atoms with Gasteiger partial charge in [-0.15, -0.1) is 0 Å². The first kappa shape index (κ1) is 16.4. The van der Waals surface area contributed by atoms with Crippen LogP contribution in [0.15, 0.2) is 73.3 Å². The van der Waals surface area contributed by atoms with Crippen molar-refractivity contribution in [3.05, 3.63) is 84.4 Å². The Balaban J connectivity index is 1.44. The molecular weight excluding hydrogens is 352 g/mol. The summed E-state index contributed by atoms with van der Waals surface area (Å²) in [7, 11) is 0. The van der Waals surface area contributed by atoms with Gasteiger partial charge in [0, 0.05) is 24.8 Å². The van der Waals surface area contributed by atoms with Crippen LogP contribution in [-0.2, 0) is 13.1 Å². The number of aromatic nitrogens is 4. The fourth-order valence-electron chi connectivity index (χ4n) is 3.61. The maximum absolute atomic E-state index is 10.5. The Morgan fingerprint density at radius 2 is 1.18 bits per heavy atom. The fourth-order valence-corrected chi connectivity index (χ4v) is 3.61. The largest absolute Gasteiger partial charge is 0.494 e. The van der Waals surface area contributed by atoms with E-state index in [1.807, 2.05) is 54.9 Å². The molecule has 28 heavy (non-hydrogen) atoms. The molecule has 0 saturated carbocycles. The summed E-state index contributed by atoms with van der Waals surface area (Å²) in [5.41, 5.74) is 3.66. The molecule has 0 aliphatic heterocycles. The van der Waals surface area contributed by atoms with Gasteiger partial charge in [0.25, 0.3) is 0 Å². The number of nitrogens with zero attached hydrogens (tertiary/aromatic N) is 4. The van der Waals surface area contributed by atoms with E-state index in [-0.39, 0.29) is 11.8 Å². The molecule has 6 heteroatoms. The second-order valence-corrected chi connectivity index (χ2v) is 6.85. The molecule has 0 radical (unpaired) electrons. The first-order chi connectivity index (χ1) is 13.7. The molecule has 0 atom stereocenters. The van der Waals surface area contributed by atoms with Crippen molar-refractivity contribution in [1.29, 1.82) is 0 Å². The quantitative estimate of drug-likeness (QED) is 0.503. The Hall–Kier alpha value is -3.80. The zero-order chi connectivity index (χ0) is 19.1. The summed E-state index contributed by atoms with van der Waals surface area (Å²) in [6, 6.07) is 15.5. The predicted octanol–water partition coefficient (Wildman–Crippen LogP) is 3.89. The van der Waals surface area contributed by atoms with E-state index in [2.05, 4.69) is 16.0 Å². The van der Waals surface area contributed by atoms with Gasteiger partial charge in [-0.1, -0.05) is 24.3 Å². The van der Waals surface area contributed by atoms with E-state index in [0.29, 0.717) is 13.1 Å². The van der Waals surface area contributed by atoms with Crippen LogP contribution in [0.2, 0.25) is 0 Å². The number of aromatic hydroxyl groups is 2. The van der Waals surface area contributed by atoms with Gasteiger partial charge in [-0.25, -0.2) is 0 Å². The van der Waals surface area contributed by atoms with E-state index in [1.165, 1.54) is 0 Å². The highest BCUT2D eigenvalue weighted by molar-refractivity contribution is 5.84. The highest BCUT2D eigenvalue weighted by Gasteiger charge is 2.11. The van der Waals surface area contributed by atoms with Crippen LogP contribution in [0.5, 0.6) is 11.8 Å². The molecule has 4 aromatic heterocycles. The minimum absolute atomic E-state index is 0.217. The summed E-state index contributed by atoms with van der Waals surface area (Å²) >= 11 is 0. The van der Waals surface area contributed by atoms with Gasteiger partial charge in [0.05, 0.1) is 34.9 Å². The second kappa shape index (κ2) is 6.42. The highest BCUT2D eigenvalue weighted by Crippen LogP contribution is 2.28. The average molecular weight is 370 g/mol. The molecule has 0 aliphatic rings. The van der Waals surface area contributed by atoms with Gasteiger partial charge >= 0.3 is 0 Å². The van der Waals surface area contributed by atoms with Crippen molar-refractivity contribution in [2.45, 2.75) is 13.1 Å². The van der Waals surface area contributed by atoms with Crippen LogP contribution >= 0.6 is 0 Å². The molecule has 138 valence electrons. The first-order valence-corrected chi connectivity index (χ1v) is 9.02. The van der Waals surface area contributed by atoms with Gasteiger partial charge in [0.2, 0.25) is 11.8 Å². The summed E-state index contributed by atoms with van der Waals surface area (Å²) in [6.45, 7) is 1.08. The molecule has 5 rings (SSSR count). The molecule has 0 unspecified atom stereocenters. The Morgan fingerprint density at radius 1 is 0.679 bits per heavy atom. The molecule has 0 aliphatic carbocycles. The second-order valence-electron chi connectivity index (χ2n) is 6.85. The monoisotopic (exact) mass is 370 g/mol. The minimum atomic E-state index is 0.217. The molecule has 0 saturated heterocycles. The first-order valence-electron chi connectivity index (χ1n) is 9.02. The maximum Gasteiger partial charge on any atom is 0.201 e. The number of hydrogen-bond donors (Lipinski definition) is 2. The van der Waals surface area contributed by atoms with E-state index in [9.17, 15) is 10.2 Å². The maximum atomic E-state index is 10.5. The Labute approximate surface area is 161 Å². The van der Waals surface area contributed by atoms with Gasteiger partial charge in [-0.2, -0.15) is 0 Å². The van der Waals surface area contributed by atoms with E-state index < -0.39 is 0 Å². The van der Waals surface area contributed by atoms with E-state index in [4.69, 9.17) is 0 Å². The van der Waals surface area contributed by atoms with Gasteiger partial charge in [-0.05, 0) is 35.4 Å². The standard InChI is InChI=1S/C22H18N4O2/c27-21-17-6-2-8-23-19(17)13-25(21)11-15-4-1-5-16(10-15)12-26-14-20-18(22(26)28)7-3-9-24-20/h1-10,13-14,27-28H,11-12H2. The zero-order valence-electron chi connectivity index (χ0n) is 15.0. The number of fused-ring (bicyclic) bond motifs is 2. The van der Waals surface area contributed by atoms with Crippen LogP contribution in [-0.4, -0.2) is 29.3 Å². The SMILES string of the molecule is Oc1c2cccnc2cn1Cc1cccc(Cn2cc3ncccc3c2O)c1. The van der Waals surface area contributed by atoms with Crippen LogP contribution in [0.3, 0.4) is 0 Å². The van der Waals surface area contributed by atoms with Gasteiger partial charge < -0.3 is 19.3 Å². The molecule has 0 spiro atoms. The smallest absolute Gasteiger partial charge is 0.201 e. The van der Waals surface area contributed by atoms with Crippen molar-refractivity contribution in [3.8, 4) is 11.8 Å². The summed E-state index contributed by atoms with van der Waals surface area (Å²) in [5, 5.41) is 22.4.